The highest BCUT2D eigenvalue weighted by molar-refractivity contribution is 5.99. The number of ether oxygens (including phenoxy) is 1. The summed E-state index contributed by atoms with van der Waals surface area (Å²) >= 11 is 0. The molecule has 142 valence electrons. The van der Waals surface area contributed by atoms with Gasteiger partial charge in [-0.25, -0.2) is 4.79 Å². The molecule has 2 heterocycles. The first-order valence-electron chi connectivity index (χ1n) is 8.98. The number of nitrogens with two attached hydrogens (primary N) is 1. The number of pyridine rings is 1. The van der Waals surface area contributed by atoms with Crippen molar-refractivity contribution >= 4 is 28.7 Å². The number of benzene rings is 1. The number of fused-ring (bicyclic) bond motifs is 1. The molecule has 1 atom stereocenters. The molecule has 1 aliphatic rings. The van der Waals surface area contributed by atoms with Crippen molar-refractivity contribution in [1.29, 1.82) is 0 Å². The summed E-state index contributed by atoms with van der Waals surface area (Å²) in [6.45, 7) is 4.05. The van der Waals surface area contributed by atoms with E-state index in [-0.39, 0.29) is 25.0 Å². The quantitative estimate of drug-likeness (QED) is 0.827. The van der Waals surface area contributed by atoms with Crippen molar-refractivity contribution in [3.63, 3.8) is 0 Å². The number of likely N-dealkylation sites (tertiary alicyclic amines) is 1. The van der Waals surface area contributed by atoms with Crippen molar-refractivity contribution in [3.8, 4) is 0 Å². The summed E-state index contributed by atoms with van der Waals surface area (Å²) in [6, 6.07) is 7.57. The number of aryl methyl sites for hydroxylation is 2. The Labute approximate surface area is 157 Å². The fraction of sp³-hybridized carbons (Fsp3) is 0.400. The van der Waals surface area contributed by atoms with Crippen LogP contribution >= 0.6 is 0 Å². The van der Waals surface area contributed by atoms with Crippen LogP contribution in [0.25, 0.3) is 10.9 Å². The summed E-state index contributed by atoms with van der Waals surface area (Å²) in [5.41, 5.74) is 7.88. The monoisotopic (exact) mass is 369 g/mol. The number of rotatable bonds is 4. The molecule has 27 heavy (non-hydrogen) atoms. The Bertz CT molecular complexity index is 909. The van der Waals surface area contributed by atoms with E-state index in [1.165, 1.54) is 4.90 Å². The first-order valence-corrected chi connectivity index (χ1v) is 8.98. The molecule has 0 bridgehead atoms. The first kappa shape index (κ1) is 18.8. The smallest absolute Gasteiger partial charge is 0.340 e. The Kier molecular flexibility index (Phi) is 5.39. The average molecular weight is 369 g/mol. The summed E-state index contributed by atoms with van der Waals surface area (Å²) in [7, 11) is 0. The Morgan fingerprint density at radius 3 is 2.74 bits per heavy atom. The number of hydrogen-bond donors (Lipinski definition) is 1. The number of esters is 1. The van der Waals surface area contributed by atoms with E-state index in [9.17, 15) is 14.4 Å². The zero-order valence-electron chi connectivity index (χ0n) is 15.5. The number of amides is 2. The van der Waals surface area contributed by atoms with E-state index in [4.69, 9.17) is 10.5 Å². The van der Waals surface area contributed by atoms with E-state index >= 15 is 0 Å². The molecule has 7 heteroatoms. The molecule has 1 fully saturated rings. The van der Waals surface area contributed by atoms with Crippen LogP contribution in [0.4, 0.5) is 0 Å². The van der Waals surface area contributed by atoms with E-state index in [2.05, 4.69) is 4.98 Å². The highest BCUT2D eigenvalue weighted by atomic mass is 16.5. The predicted molar refractivity (Wildman–Crippen MR) is 100.0 cm³/mol. The third-order valence-electron chi connectivity index (χ3n) is 5.04. The normalized spacial score (nSPS) is 17.0. The van der Waals surface area contributed by atoms with Crippen LogP contribution in [-0.4, -0.2) is 47.4 Å². The molecule has 2 amide bonds. The second kappa shape index (κ2) is 7.73. The standard InChI is InChI=1S/C20H23N3O4/c1-12-15-7-3-4-8-16(15)22-13(2)18(12)20(26)27-11-17(24)23-9-5-6-14(10-23)19(21)25/h3-4,7-8,14H,5-6,9-11H2,1-2H3,(H2,21,25)/t14-/m1/s1. The minimum Gasteiger partial charge on any atom is -0.452 e. The largest absolute Gasteiger partial charge is 0.452 e. The van der Waals surface area contributed by atoms with Gasteiger partial charge in [-0.1, -0.05) is 18.2 Å². The zero-order chi connectivity index (χ0) is 19.6. The molecular formula is C20H23N3O4. The van der Waals surface area contributed by atoms with Gasteiger partial charge in [0, 0.05) is 18.5 Å². The summed E-state index contributed by atoms with van der Waals surface area (Å²) in [6.07, 6.45) is 1.39. The van der Waals surface area contributed by atoms with Crippen LogP contribution in [0.2, 0.25) is 0 Å². The molecule has 0 aliphatic carbocycles. The summed E-state index contributed by atoms with van der Waals surface area (Å²) in [5, 5.41) is 0.877. The Morgan fingerprint density at radius 1 is 1.26 bits per heavy atom. The molecule has 2 N–H and O–H groups in total. The van der Waals surface area contributed by atoms with Crippen LogP contribution in [0.5, 0.6) is 0 Å². The second-order valence-electron chi connectivity index (χ2n) is 6.87. The molecule has 7 nitrogen and oxygen atoms in total. The van der Waals surface area contributed by atoms with Gasteiger partial charge in [0.2, 0.25) is 5.91 Å². The second-order valence-corrected chi connectivity index (χ2v) is 6.87. The number of carbonyl (C=O) groups is 3. The maximum Gasteiger partial charge on any atom is 0.340 e. The van der Waals surface area contributed by atoms with Crippen molar-refractivity contribution in [2.75, 3.05) is 19.7 Å². The number of nitrogens with zero attached hydrogens (tertiary/aromatic N) is 2. The van der Waals surface area contributed by atoms with Gasteiger partial charge in [0.05, 0.1) is 22.7 Å². The third-order valence-corrected chi connectivity index (χ3v) is 5.04. The molecule has 0 radical (unpaired) electrons. The van der Waals surface area contributed by atoms with Gasteiger partial charge in [-0.3, -0.25) is 14.6 Å². The molecule has 1 aromatic carbocycles. The third kappa shape index (κ3) is 3.92. The van der Waals surface area contributed by atoms with Crippen LogP contribution in [-0.2, 0) is 14.3 Å². The zero-order valence-corrected chi connectivity index (χ0v) is 15.5. The number of piperidine rings is 1. The van der Waals surface area contributed by atoms with E-state index < -0.39 is 11.9 Å². The van der Waals surface area contributed by atoms with Gasteiger partial charge >= 0.3 is 5.97 Å². The highest BCUT2D eigenvalue weighted by Gasteiger charge is 2.28. The van der Waals surface area contributed by atoms with Crippen molar-refractivity contribution in [1.82, 2.24) is 9.88 Å². The number of primary amides is 1. The maximum atomic E-state index is 12.6. The molecule has 0 saturated carbocycles. The van der Waals surface area contributed by atoms with Crippen molar-refractivity contribution in [2.45, 2.75) is 26.7 Å². The van der Waals surface area contributed by atoms with E-state index in [0.717, 1.165) is 16.5 Å². The molecule has 1 saturated heterocycles. The van der Waals surface area contributed by atoms with Gasteiger partial charge < -0.3 is 15.4 Å². The average Bonchev–Trinajstić information content (AvgIpc) is 2.66. The van der Waals surface area contributed by atoms with Crippen molar-refractivity contribution < 1.29 is 19.1 Å². The number of carbonyl (C=O) groups excluding carboxylic acids is 3. The van der Waals surface area contributed by atoms with Gasteiger partial charge in [0.25, 0.3) is 5.91 Å². The lowest BCUT2D eigenvalue weighted by atomic mass is 9.97. The van der Waals surface area contributed by atoms with Crippen molar-refractivity contribution in [2.24, 2.45) is 11.7 Å². The first-order chi connectivity index (χ1) is 12.9. The van der Waals surface area contributed by atoms with Crippen LogP contribution in [0.15, 0.2) is 24.3 Å². The molecule has 2 aromatic rings. The Morgan fingerprint density at radius 2 is 2.00 bits per heavy atom. The Hall–Kier alpha value is -2.96. The molecule has 0 spiro atoms. The van der Waals surface area contributed by atoms with Gasteiger partial charge in [0.1, 0.15) is 0 Å². The fourth-order valence-corrected chi connectivity index (χ4v) is 3.56. The van der Waals surface area contributed by atoms with Gasteiger partial charge in [0.15, 0.2) is 6.61 Å². The Balaban J connectivity index is 1.70. The predicted octanol–water partition coefficient (Wildman–Crippen LogP) is 1.73. The van der Waals surface area contributed by atoms with E-state index in [1.54, 1.807) is 6.92 Å². The SMILES string of the molecule is Cc1nc2ccccc2c(C)c1C(=O)OCC(=O)N1CCC[C@@H](C(N)=O)C1. The lowest BCUT2D eigenvalue weighted by molar-refractivity contribution is -0.137. The molecular weight excluding hydrogens is 346 g/mol. The van der Waals surface area contributed by atoms with Crippen LogP contribution in [0.1, 0.15) is 34.5 Å². The topological polar surface area (TPSA) is 103 Å². The lowest BCUT2D eigenvalue weighted by Gasteiger charge is -2.31. The van der Waals surface area contributed by atoms with Gasteiger partial charge in [-0.15, -0.1) is 0 Å². The van der Waals surface area contributed by atoms with Gasteiger partial charge in [-0.2, -0.15) is 0 Å². The van der Waals surface area contributed by atoms with E-state index in [1.807, 2.05) is 31.2 Å². The van der Waals surface area contributed by atoms with Crippen LogP contribution < -0.4 is 5.73 Å². The summed E-state index contributed by atoms with van der Waals surface area (Å²) < 4.78 is 5.26. The summed E-state index contributed by atoms with van der Waals surface area (Å²) in [4.78, 5) is 42.3. The fourth-order valence-electron chi connectivity index (χ4n) is 3.56. The van der Waals surface area contributed by atoms with Crippen LogP contribution in [0, 0.1) is 19.8 Å². The minimum atomic E-state index is -0.569. The lowest BCUT2D eigenvalue weighted by Crippen LogP contribution is -2.45. The van der Waals surface area contributed by atoms with Crippen LogP contribution in [0.3, 0.4) is 0 Å². The number of para-hydroxylation sites is 1. The minimum absolute atomic E-state index is 0.279. The summed E-state index contributed by atoms with van der Waals surface area (Å²) in [5.74, 6) is -1.64. The van der Waals surface area contributed by atoms with Crippen molar-refractivity contribution in [3.05, 3.63) is 41.1 Å². The molecule has 1 aliphatic heterocycles. The highest BCUT2D eigenvalue weighted by Crippen LogP contribution is 2.23. The number of aromatic nitrogens is 1. The number of hydrogen-bond acceptors (Lipinski definition) is 5. The van der Waals surface area contributed by atoms with Gasteiger partial charge in [-0.05, 0) is 38.3 Å². The molecule has 3 rings (SSSR count). The van der Waals surface area contributed by atoms with E-state index in [0.29, 0.717) is 30.6 Å². The molecule has 1 aromatic heterocycles. The maximum absolute atomic E-state index is 12.6. The molecule has 0 unspecified atom stereocenters.